The van der Waals surface area contributed by atoms with Crippen LogP contribution in [0.3, 0.4) is 0 Å². The Kier molecular flexibility index (Phi) is 11.6. The normalized spacial score (nSPS) is 17.1. The number of unbranched alkanes of at least 4 members (excludes halogenated alkanes) is 3. The first kappa shape index (κ1) is 34.7. The van der Waals surface area contributed by atoms with E-state index in [0.717, 1.165) is 51.7 Å². The Bertz CT molecular complexity index is 2110. The first-order valence-corrected chi connectivity index (χ1v) is 19.1. The van der Waals surface area contributed by atoms with E-state index in [4.69, 9.17) is 17.4 Å². The molecule has 0 bridgehead atoms. The maximum Gasteiger partial charge on any atom is 0.882 e. The summed E-state index contributed by atoms with van der Waals surface area (Å²) >= 11 is -0.862. The molecule has 257 valence electrons. The maximum absolute atomic E-state index is 6.57. The molecule has 1 radical (unpaired) electrons. The van der Waals surface area contributed by atoms with E-state index in [2.05, 4.69) is 47.7 Å². The largest absolute Gasteiger partial charge is 0.882 e. The van der Waals surface area contributed by atoms with E-state index in [1.54, 1.807) is 10.9 Å². The lowest BCUT2D eigenvalue weighted by molar-refractivity contribution is -0.854. The second-order valence-corrected chi connectivity index (χ2v) is 14.1. The molecule has 3 aromatic heterocycles. The number of aromatic nitrogens is 3. The van der Waals surface area contributed by atoms with E-state index in [1.165, 1.54) is 50.5 Å². The standard InChI is InChI=1S/C34H39N3O2.C9H7NO.Al/c1-3-25-22-26(4-2)28(23-25)12-7-5-6-8-19-35-24-29-17-18-32(33-30(29)15-10-20-36-33)39-37-21-11-14-27-13-9-16-31(38)34(27)37;11-8-5-1-3-7-4-2-6-10-9(7)8;/h3-4,9-11,13-18,20-21,25-26,28,35H,1-2,5-8,12,19,22-24H2;1-6,11H;/q;;+2/p-1. The van der Waals surface area contributed by atoms with Crippen molar-refractivity contribution in [3.8, 4) is 17.2 Å². The molecule has 0 amide bonds. The summed E-state index contributed by atoms with van der Waals surface area (Å²) in [7, 11) is 0. The molecule has 1 saturated carbocycles. The van der Waals surface area contributed by atoms with Crippen LogP contribution in [0.5, 0.6) is 17.2 Å². The van der Waals surface area contributed by atoms with Gasteiger partial charge in [0.25, 0.3) is 0 Å². The van der Waals surface area contributed by atoms with Crippen molar-refractivity contribution in [1.82, 2.24) is 15.3 Å². The van der Waals surface area contributed by atoms with Gasteiger partial charge in [-0.15, -0.1) is 13.2 Å². The minimum atomic E-state index is -0.862. The summed E-state index contributed by atoms with van der Waals surface area (Å²) in [6.45, 7) is 9.87. The Hall–Kier alpha value is -4.74. The molecule has 0 saturated heterocycles. The molecule has 0 spiro atoms. The average Bonchev–Trinajstić information content (AvgIpc) is 3.59. The van der Waals surface area contributed by atoms with Gasteiger partial charge in [0.05, 0.1) is 5.39 Å². The molecule has 7 nitrogen and oxygen atoms in total. The van der Waals surface area contributed by atoms with Crippen LogP contribution in [-0.2, 0) is 6.54 Å². The van der Waals surface area contributed by atoms with Gasteiger partial charge in [0.2, 0.25) is 11.9 Å². The zero-order valence-corrected chi connectivity index (χ0v) is 30.3. The fraction of sp³-hybridized carbons (Fsp3) is 0.279. The molecule has 0 aliphatic heterocycles. The summed E-state index contributed by atoms with van der Waals surface area (Å²) in [5.41, 5.74) is 3.65. The van der Waals surface area contributed by atoms with Crippen LogP contribution in [0.25, 0.3) is 32.7 Å². The van der Waals surface area contributed by atoms with Crippen molar-refractivity contribution < 1.29 is 17.1 Å². The SMILES string of the molecule is C=CC1CC(C=C)C(CCCCCCNCc2ccc(O[n+]3cccc4cccc([O][Al][O]c5cccc6cccnc56)c43)c3ncccc23)C1. The van der Waals surface area contributed by atoms with Crippen LogP contribution in [-0.4, -0.2) is 32.4 Å². The monoisotopic (exact) mass is 692 g/mol. The van der Waals surface area contributed by atoms with Gasteiger partial charge < -0.3 is 12.9 Å². The summed E-state index contributed by atoms with van der Waals surface area (Å²) in [5, 5.41) is 6.76. The molecular weight excluding hydrogens is 647 g/mol. The molecule has 1 N–H and O–H groups in total. The lowest BCUT2D eigenvalue weighted by Crippen LogP contribution is -2.40. The van der Waals surface area contributed by atoms with Gasteiger partial charge in [-0.25, -0.2) is 4.84 Å². The van der Waals surface area contributed by atoms with Gasteiger partial charge in [0.1, 0.15) is 16.8 Å². The first-order chi connectivity index (χ1) is 25.2. The molecule has 3 aromatic carbocycles. The van der Waals surface area contributed by atoms with Crippen LogP contribution >= 0.6 is 0 Å². The Morgan fingerprint density at radius 2 is 1.51 bits per heavy atom. The van der Waals surface area contributed by atoms with Gasteiger partial charge in [0, 0.05) is 40.5 Å². The van der Waals surface area contributed by atoms with Crippen molar-refractivity contribution in [2.75, 3.05) is 6.54 Å². The van der Waals surface area contributed by atoms with E-state index in [-0.39, 0.29) is 0 Å². The molecule has 8 heteroatoms. The number of allylic oxidation sites excluding steroid dienone is 2. The third-order valence-corrected chi connectivity index (χ3v) is 10.8. The van der Waals surface area contributed by atoms with Crippen molar-refractivity contribution in [3.63, 3.8) is 0 Å². The van der Waals surface area contributed by atoms with E-state index in [9.17, 15) is 0 Å². The van der Waals surface area contributed by atoms with Crippen molar-refractivity contribution in [1.29, 1.82) is 0 Å². The lowest BCUT2D eigenvalue weighted by atomic mass is 9.91. The number of hydrogen-bond acceptors (Lipinski definition) is 6. The molecule has 3 atom stereocenters. The van der Waals surface area contributed by atoms with Crippen molar-refractivity contribution >= 4 is 48.6 Å². The fourth-order valence-electron chi connectivity index (χ4n) is 7.47. The third-order valence-electron chi connectivity index (χ3n) is 10.1. The predicted molar refractivity (Wildman–Crippen MR) is 206 cm³/mol. The zero-order chi connectivity index (χ0) is 34.8. The second kappa shape index (κ2) is 17.0. The smallest absolute Gasteiger partial charge is 0.614 e. The number of fused-ring (bicyclic) bond motifs is 3. The fourth-order valence-corrected chi connectivity index (χ4v) is 8.10. The second-order valence-electron chi connectivity index (χ2n) is 13.4. The Labute approximate surface area is 307 Å². The molecule has 3 unspecified atom stereocenters. The topological polar surface area (TPSA) is 69.4 Å². The zero-order valence-electron chi connectivity index (χ0n) is 29.1. The highest BCUT2D eigenvalue weighted by Gasteiger charge is 2.30. The highest BCUT2D eigenvalue weighted by atomic mass is 27.2. The Morgan fingerprint density at radius 3 is 2.39 bits per heavy atom. The van der Waals surface area contributed by atoms with E-state index in [0.29, 0.717) is 29.1 Å². The van der Waals surface area contributed by atoms with Crippen LogP contribution < -0.4 is 22.5 Å². The summed E-state index contributed by atoms with van der Waals surface area (Å²) < 4.78 is 14.2. The average molecular weight is 693 g/mol. The van der Waals surface area contributed by atoms with Crippen LogP contribution in [0, 0.1) is 17.8 Å². The minimum Gasteiger partial charge on any atom is -0.614 e. The highest BCUT2D eigenvalue weighted by molar-refractivity contribution is 6.21. The summed E-state index contributed by atoms with van der Waals surface area (Å²) in [4.78, 5) is 15.8. The Morgan fingerprint density at radius 1 is 0.745 bits per heavy atom. The maximum atomic E-state index is 6.57. The van der Waals surface area contributed by atoms with E-state index < -0.39 is 15.9 Å². The van der Waals surface area contributed by atoms with Crippen molar-refractivity contribution in [3.05, 3.63) is 134 Å². The summed E-state index contributed by atoms with van der Waals surface area (Å²) in [6, 6.07) is 28.1. The van der Waals surface area contributed by atoms with Crippen molar-refractivity contribution in [2.45, 2.75) is 51.5 Å². The number of rotatable bonds is 17. The van der Waals surface area contributed by atoms with Gasteiger partial charge in [-0.2, -0.15) is 0 Å². The van der Waals surface area contributed by atoms with Crippen LogP contribution in [0.2, 0.25) is 0 Å². The number of hydrogen-bond donors (Lipinski definition) is 1. The van der Waals surface area contributed by atoms with Gasteiger partial charge in [-0.05, 0) is 98.0 Å². The van der Waals surface area contributed by atoms with E-state index in [1.807, 2.05) is 85.2 Å². The van der Waals surface area contributed by atoms with Crippen LogP contribution in [0.15, 0.2) is 129 Å². The molecule has 3 heterocycles. The first-order valence-electron chi connectivity index (χ1n) is 18.1. The van der Waals surface area contributed by atoms with Gasteiger partial charge in [0.15, 0.2) is 5.75 Å². The molecule has 7 rings (SSSR count). The Balaban J connectivity index is 0.965. The number of benzene rings is 3. The number of nitrogens with one attached hydrogen (secondary N) is 1. The van der Waals surface area contributed by atoms with Gasteiger partial charge >= 0.3 is 21.4 Å². The predicted octanol–water partition coefficient (Wildman–Crippen LogP) is 9.11. The molecular formula is C43H45AlN4O3+. The van der Waals surface area contributed by atoms with Gasteiger partial charge in [-0.1, -0.05) is 67.8 Å². The number of para-hydroxylation sites is 2. The van der Waals surface area contributed by atoms with Gasteiger partial charge in [-0.3, -0.25) is 9.97 Å². The molecule has 1 fully saturated rings. The quantitative estimate of drug-likeness (QED) is 0.0445. The van der Waals surface area contributed by atoms with Crippen LogP contribution in [0.1, 0.15) is 50.5 Å². The molecule has 51 heavy (non-hydrogen) atoms. The highest BCUT2D eigenvalue weighted by Crippen LogP contribution is 2.40. The molecule has 1 aliphatic carbocycles. The van der Waals surface area contributed by atoms with Crippen molar-refractivity contribution in [2.24, 2.45) is 17.8 Å². The van der Waals surface area contributed by atoms with Crippen LogP contribution in [0.4, 0.5) is 0 Å². The summed E-state index contributed by atoms with van der Waals surface area (Å²) in [5.74, 6) is 4.18. The van der Waals surface area contributed by atoms with E-state index >= 15 is 0 Å². The number of nitrogens with zero attached hydrogens (tertiary/aromatic N) is 3. The lowest BCUT2D eigenvalue weighted by Gasteiger charge is -2.15. The molecule has 6 aromatic rings. The number of pyridine rings is 3. The minimum absolute atomic E-state index is 0.666. The third kappa shape index (κ3) is 8.26. The summed E-state index contributed by atoms with van der Waals surface area (Å²) in [6.07, 6.45) is 18.7. The molecule has 1 aliphatic rings.